The fourth-order valence-electron chi connectivity index (χ4n) is 4.53. The first kappa shape index (κ1) is 17.2. The summed E-state index contributed by atoms with van der Waals surface area (Å²) in [5.41, 5.74) is 0.947. The lowest BCUT2D eigenvalue weighted by molar-refractivity contribution is -0.123. The van der Waals surface area contributed by atoms with Gasteiger partial charge in [0.05, 0.1) is 17.5 Å². The van der Waals surface area contributed by atoms with Crippen molar-refractivity contribution in [3.8, 4) is 0 Å². The Morgan fingerprint density at radius 3 is 2.32 bits per heavy atom. The standard InChI is InChI=1S/C20H18N4O3S/c1-2-14-22-23-20(28-14)21-17(25)10-5-7-13(8-6-10)24-18(26)15-11-3-4-12(9-11)16(15)19(24)27/h3-8,11-12,15-16H,2,9H2,1H3,(H,21,23,25). The quantitative estimate of drug-likeness (QED) is 0.636. The third-order valence-corrected chi connectivity index (χ3v) is 6.83. The maximum atomic E-state index is 12.9. The van der Waals surface area contributed by atoms with Gasteiger partial charge >= 0.3 is 0 Å². The number of hydrogen-bond acceptors (Lipinski definition) is 6. The van der Waals surface area contributed by atoms with E-state index in [9.17, 15) is 14.4 Å². The van der Waals surface area contributed by atoms with Gasteiger partial charge in [0.1, 0.15) is 5.01 Å². The minimum Gasteiger partial charge on any atom is -0.296 e. The zero-order valence-electron chi connectivity index (χ0n) is 15.2. The van der Waals surface area contributed by atoms with Crippen LogP contribution < -0.4 is 10.2 Å². The summed E-state index contributed by atoms with van der Waals surface area (Å²) in [6.45, 7) is 1.97. The SMILES string of the molecule is CCc1nnc(NC(=O)c2ccc(N3C(=O)C4C5C=CC(C5)C4C3=O)cc2)s1. The number of nitrogens with one attached hydrogen (secondary N) is 1. The van der Waals surface area contributed by atoms with E-state index in [1.807, 2.05) is 6.92 Å². The van der Waals surface area contributed by atoms with Gasteiger partial charge in [-0.1, -0.05) is 30.4 Å². The number of aromatic nitrogens is 2. The van der Waals surface area contributed by atoms with Crippen LogP contribution in [0.2, 0.25) is 0 Å². The molecule has 2 aromatic rings. The number of fused-ring (bicyclic) bond motifs is 5. The third-order valence-electron chi connectivity index (χ3n) is 5.85. The van der Waals surface area contributed by atoms with Gasteiger partial charge in [-0.15, -0.1) is 10.2 Å². The molecule has 28 heavy (non-hydrogen) atoms. The number of benzene rings is 1. The molecule has 1 aliphatic heterocycles. The van der Waals surface area contributed by atoms with Gasteiger partial charge in [-0.25, -0.2) is 0 Å². The molecule has 0 radical (unpaired) electrons. The number of rotatable bonds is 4. The third kappa shape index (κ3) is 2.51. The van der Waals surface area contributed by atoms with Crippen LogP contribution in [0, 0.1) is 23.7 Å². The predicted octanol–water partition coefficient (Wildman–Crippen LogP) is 2.66. The Bertz CT molecular complexity index is 983. The Morgan fingerprint density at radius 2 is 1.75 bits per heavy atom. The van der Waals surface area contributed by atoms with Gasteiger partial charge in [0, 0.05) is 5.56 Å². The molecule has 3 amide bonds. The molecule has 3 aliphatic rings. The first-order valence-corrected chi connectivity index (χ1v) is 10.2. The fraction of sp³-hybridized carbons (Fsp3) is 0.350. The highest BCUT2D eigenvalue weighted by Crippen LogP contribution is 2.53. The van der Waals surface area contributed by atoms with Gasteiger partial charge in [0.15, 0.2) is 0 Å². The maximum Gasteiger partial charge on any atom is 0.257 e. The number of amides is 3. The Morgan fingerprint density at radius 1 is 1.11 bits per heavy atom. The Balaban J connectivity index is 1.33. The van der Waals surface area contributed by atoms with Crippen LogP contribution in [-0.2, 0) is 16.0 Å². The van der Waals surface area contributed by atoms with Crippen molar-refractivity contribution in [1.82, 2.24) is 10.2 Å². The van der Waals surface area contributed by atoms with Gasteiger partial charge in [-0.3, -0.25) is 24.6 Å². The Hall–Kier alpha value is -2.87. The smallest absolute Gasteiger partial charge is 0.257 e. The van der Waals surface area contributed by atoms with Crippen LogP contribution in [0.5, 0.6) is 0 Å². The van der Waals surface area contributed by atoms with Gasteiger partial charge in [0.25, 0.3) is 5.91 Å². The van der Waals surface area contributed by atoms with Crippen LogP contribution in [-0.4, -0.2) is 27.9 Å². The normalized spacial score (nSPS) is 27.5. The number of allylic oxidation sites excluding steroid dienone is 2. The molecule has 2 aliphatic carbocycles. The highest BCUT2D eigenvalue weighted by molar-refractivity contribution is 7.15. The number of hydrogen-bond donors (Lipinski definition) is 1. The van der Waals surface area contributed by atoms with Gasteiger partial charge in [0.2, 0.25) is 16.9 Å². The minimum atomic E-state index is -0.302. The lowest BCUT2D eigenvalue weighted by Crippen LogP contribution is -2.32. The molecule has 1 saturated carbocycles. The van der Waals surface area contributed by atoms with Crippen molar-refractivity contribution in [3.63, 3.8) is 0 Å². The average molecular weight is 394 g/mol. The summed E-state index contributed by atoms with van der Waals surface area (Å²) in [6.07, 6.45) is 5.82. The van der Waals surface area contributed by atoms with Crippen molar-refractivity contribution < 1.29 is 14.4 Å². The summed E-state index contributed by atoms with van der Waals surface area (Å²) in [6, 6.07) is 6.54. The van der Waals surface area contributed by atoms with E-state index in [4.69, 9.17) is 0 Å². The topological polar surface area (TPSA) is 92.3 Å². The summed E-state index contributed by atoms with van der Waals surface area (Å²) in [5, 5.41) is 11.9. The molecular weight excluding hydrogens is 376 g/mol. The molecule has 4 unspecified atom stereocenters. The molecule has 8 heteroatoms. The van der Waals surface area contributed by atoms with E-state index in [2.05, 4.69) is 27.7 Å². The number of anilines is 2. The lowest BCUT2D eigenvalue weighted by atomic mass is 9.85. The van der Waals surface area contributed by atoms with Crippen LogP contribution in [0.1, 0.15) is 28.7 Å². The molecule has 7 nitrogen and oxygen atoms in total. The molecule has 2 heterocycles. The monoisotopic (exact) mass is 394 g/mol. The van der Waals surface area contributed by atoms with Crippen molar-refractivity contribution in [2.45, 2.75) is 19.8 Å². The van der Waals surface area contributed by atoms with E-state index >= 15 is 0 Å². The minimum absolute atomic E-state index is 0.120. The molecule has 1 aromatic heterocycles. The summed E-state index contributed by atoms with van der Waals surface area (Å²) < 4.78 is 0. The number of aryl methyl sites for hydroxylation is 1. The van der Waals surface area contributed by atoms with E-state index in [1.54, 1.807) is 24.3 Å². The lowest BCUT2D eigenvalue weighted by Gasteiger charge is -2.17. The molecule has 5 rings (SSSR count). The van der Waals surface area contributed by atoms with Crippen LogP contribution in [0.4, 0.5) is 10.8 Å². The predicted molar refractivity (Wildman–Crippen MR) is 104 cm³/mol. The van der Waals surface area contributed by atoms with Gasteiger partial charge < -0.3 is 0 Å². The molecule has 142 valence electrons. The molecule has 0 spiro atoms. The van der Waals surface area contributed by atoms with Crippen molar-refractivity contribution in [3.05, 3.63) is 47.0 Å². The second-order valence-electron chi connectivity index (χ2n) is 7.37. The van der Waals surface area contributed by atoms with Crippen LogP contribution in [0.3, 0.4) is 0 Å². The van der Waals surface area contributed by atoms with E-state index < -0.39 is 0 Å². The van der Waals surface area contributed by atoms with Crippen LogP contribution in [0.25, 0.3) is 0 Å². The zero-order valence-corrected chi connectivity index (χ0v) is 16.0. The number of carbonyl (C=O) groups is 3. The second-order valence-corrected chi connectivity index (χ2v) is 8.43. The van der Waals surface area contributed by atoms with Crippen molar-refractivity contribution in [2.24, 2.45) is 23.7 Å². The first-order valence-electron chi connectivity index (χ1n) is 9.36. The number of carbonyl (C=O) groups excluding carboxylic acids is 3. The largest absolute Gasteiger partial charge is 0.296 e. The van der Waals surface area contributed by atoms with Crippen molar-refractivity contribution in [1.29, 1.82) is 0 Å². The molecule has 2 fully saturated rings. The fourth-order valence-corrected chi connectivity index (χ4v) is 5.21. The van der Waals surface area contributed by atoms with Crippen molar-refractivity contribution >= 4 is 39.9 Å². The van der Waals surface area contributed by atoms with E-state index in [1.165, 1.54) is 16.2 Å². The average Bonchev–Trinajstić information content (AvgIpc) is 3.47. The molecule has 2 bridgehead atoms. The highest BCUT2D eigenvalue weighted by Gasteiger charge is 2.59. The Labute approximate surface area is 165 Å². The molecule has 1 aromatic carbocycles. The maximum absolute atomic E-state index is 12.9. The summed E-state index contributed by atoms with van der Waals surface area (Å²) in [4.78, 5) is 39.4. The van der Waals surface area contributed by atoms with Gasteiger partial charge in [-0.05, 0) is 48.9 Å². The Kier molecular flexibility index (Phi) is 3.90. The first-order chi connectivity index (χ1) is 13.6. The second kappa shape index (κ2) is 6.34. The molecule has 1 N–H and O–H groups in total. The molecule has 4 atom stereocenters. The summed E-state index contributed by atoms with van der Waals surface area (Å²) in [7, 11) is 0. The summed E-state index contributed by atoms with van der Waals surface area (Å²) in [5.74, 6) is -0.632. The van der Waals surface area contributed by atoms with Crippen LogP contribution in [0.15, 0.2) is 36.4 Å². The summed E-state index contributed by atoms with van der Waals surface area (Å²) >= 11 is 1.34. The van der Waals surface area contributed by atoms with E-state index in [0.717, 1.165) is 17.8 Å². The van der Waals surface area contributed by atoms with Crippen LogP contribution >= 0.6 is 11.3 Å². The number of nitrogens with zero attached hydrogens (tertiary/aromatic N) is 3. The highest BCUT2D eigenvalue weighted by atomic mass is 32.1. The molecular formula is C20H18N4O3S. The van der Waals surface area contributed by atoms with Gasteiger partial charge in [-0.2, -0.15) is 0 Å². The zero-order chi connectivity index (χ0) is 19.4. The number of imide groups is 1. The van der Waals surface area contributed by atoms with E-state index in [-0.39, 0.29) is 41.4 Å². The van der Waals surface area contributed by atoms with E-state index in [0.29, 0.717) is 16.4 Å². The van der Waals surface area contributed by atoms with Crippen molar-refractivity contribution in [2.75, 3.05) is 10.2 Å². The molecule has 1 saturated heterocycles.